The Balaban J connectivity index is 1.69. The van der Waals surface area contributed by atoms with Crippen LogP contribution in [0.1, 0.15) is 25.3 Å². The van der Waals surface area contributed by atoms with Gasteiger partial charge in [0.25, 0.3) is 11.1 Å². The molecule has 1 aromatic rings. The van der Waals surface area contributed by atoms with E-state index < -0.39 is 17.1 Å². The Morgan fingerprint density at radius 1 is 1.16 bits per heavy atom. The number of thioether (sulfide) groups is 1. The molecule has 0 saturated carbocycles. The molecule has 0 N–H and O–H groups in total. The minimum atomic E-state index is -0.496. The number of carbonyl (C=O) groups is 4. The Hall–Kier alpha value is -3.01. The fourth-order valence-corrected chi connectivity index (χ4v) is 4.06. The van der Waals surface area contributed by atoms with Crippen molar-refractivity contribution in [1.29, 1.82) is 0 Å². The molecule has 3 amide bonds. The number of methoxy groups -OCH3 is 1. The number of hydrogen-bond acceptors (Lipinski definition) is 8. The van der Waals surface area contributed by atoms with E-state index in [-0.39, 0.29) is 30.6 Å². The van der Waals surface area contributed by atoms with Crippen LogP contribution < -0.4 is 9.47 Å². The van der Waals surface area contributed by atoms with Crippen molar-refractivity contribution in [3.05, 3.63) is 28.7 Å². The molecular formula is C21H24N2O7S. The number of carbonyl (C=O) groups excluding carboxylic acids is 4. The van der Waals surface area contributed by atoms with E-state index in [9.17, 15) is 19.2 Å². The first-order chi connectivity index (χ1) is 14.9. The average Bonchev–Trinajstić information content (AvgIpc) is 3.38. The minimum Gasteiger partial charge on any atom is -0.493 e. The number of rotatable bonds is 8. The number of benzene rings is 1. The van der Waals surface area contributed by atoms with Crippen molar-refractivity contribution >= 4 is 40.9 Å². The fourth-order valence-electron chi connectivity index (χ4n) is 3.22. The Morgan fingerprint density at radius 3 is 2.58 bits per heavy atom. The van der Waals surface area contributed by atoms with Crippen molar-refractivity contribution in [3.8, 4) is 11.5 Å². The molecule has 2 fully saturated rings. The average molecular weight is 448 g/mol. The summed E-state index contributed by atoms with van der Waals surface area (Å²) >= 11 is 0.793. The molecule has 0 aliphatic carbocycles. The zero-order valence-electron chi connectivity index (χ0n) is 17.4. The van der Waals surface area contributed by atoms with Crippen molar-refractivity contribution in [3.63, 3.8) is 0 Å². The van der Waals surface area contributed by atoms with Gasteiger partial charge in [-0.3, -0.25) is 19.3 Å². The van der Waals surface area contributed by atoms with E-state index in [0.717, 1.165) is 29.5 Å². The summed E-state index contributed by atoms with van der Waals surface area (Å²) in [6.45, 7) is 2.79. The molecule has 0 atom stereocenters. The van der Waals surface area contributed by atoms with Gasteiger partial charge in [-0.1, -0.05) is 6.07 Å². The number of imide groups is 1. The van der Waals surface area contributed by atoms with Gasteiger partial charge in [0, 0.05) is 13.1 Å². The third-order valence-electron chi connectivity index (χ3n) is 4.76. The van der Waals surface area contributed by atoms with Crippen molar-refractivity contribution in [2.24, 2.45) is 0 Å². The van der Waals surface area contributed by atoms with Gasteiger partial charge < -0.3 is 19.1 Å². The SMILES string of the molecule is CCOC(=O)COc1ccc(C=C2SC(=O)N(CC(=O)N3CCCC3)C2=O)cc1OC. The quantitative estimate of drug-likeness (QED) is 0.441. The van der Waals surface area contributed by atoms with Crippen LogP contribution in [0.2, 0.25) is 0 Å². The standard InChI is InChI=1S/C21H24N2O7S/c1-3-29-19(25)13-30-15-7-6-14(10-16(15)28-2)11-17-20(26)23(21(27)31-17)12-18(24)22-8-4-5-9-22/h6-7,10-11H,3-5,8-9,12-13H2,1-2H3. The van der Waals surface area contributed by atoms with E-state index in [1.807, 2.05) is 0 Å². The van der Waals surface area contributed by atoms with Crippen molar-refractivity contribution < 1.29 is 33.4 Å². The van der Waals surface area contributed by atoms with Crippen molar-refractivity contribution in [1.82, 2.24) is 9.80 Å². The van der Waals surface area contributed by atoms with Gasteiger partial charge in [-0.2, -0.15) is 0 Å². The van der Waals surface area contributed by atoms with E-state index in [0.29, 0.717) is 30.2 Å². The molecule has 3 rings (SSSR count). The summed E-state index contributed by atoms with van der Waals surface area (Å²) in [7, 11) is 1.45. The number of ether oxygens (including phenoxy) is 3. The summed E-state index contributed by atoms with van der Waals surface area (Å²) in [6, 6.07) is 4.90. The molecule has 2 heterocycles. The van der Waals surface area contributed by atoms with Crippen LogP contribution >= 0.6 is 11.8 Å². The molecule has 0 unspecified atom stereocenters. The lowest BCUT2D eigenvalue weighted by molar-refractivity contribution is -0.145. The van der Waals surface area contributed by atoms with Gasteiger partial charge in [0.15, 0.2) is 18.1 Å². The van der Waals surface area contributed by atoms with Gasteiger partial charge in [0.05, 0.1) is 18.6 Å². The van der Waals surface area contributed by atoms with Gasteiger partial charge in [0.2, 0.25) is 5.91 Å². The lowest BCUT2D eigenvalue weighted by Crippen LogP contribution is -2.40. The Morgan fingerprint density at radius 2 is 1.90 bits per heavy atom. The highest BCUT2D eigenvalue weighted by atomic mass is 32.2. The Kier molecular flexibility index (Phi) is 7.56. The molecule has 0 bridgehead atoms. The molecular weight excluding hydrogens is 424 g/mol. The highest BCUT2D eigenvalue weighted by Crippen LogP contribution is 2.34. The molecule has 9 nitrogen and oxygen atoms in total. The Bertz CT molecular complexity index is 909. The second kappa shape index (κ2) is 10.3. The Labute approximate surface area is 184 Å². The predicted octanol–water partition coefficient (Wildman–Crippen LogP) is 2.30. The molecule has 1 aromatic carbocycles. The van der Waals surface area contributed by atoms with Gasteiger partial charge in [-0.25, -0.2) is 4.79 Å². The van der Waals surface area contributed by atoms with E-state index in [1.54, 1.807) is 36.1 Å². The number of likely N-dealkylation sites (tertiary alicyclic amines) is 1. The summed E-state index contributed by atoms with van der Waals surface area (Å²) in [5.41, 5.74) is 0.608. The molecule has 2 aliphatic heterocycles. The van der Waals surface area contributed by atoms with Gasteiger partial charge in [-0.05, 0) is 55.3 Å². The van der Waals surface area contributed by atoms with Crippen LogP contribution in [0.5, 0.6) is 11.5 Å². The summed E-state index contributed by atoms with van der Waals surface area (Å²) in [5.74, 6) is -0.501. The molecule has 0 spiro atoms. The third-order valence-corrected chi connectivity index (χ3v) is 5.67. The van der Waals surface area contributed by atoms with E-state index in [1.165, 1.54) is 7.11 Å². The first-order valence-electron chi connectivity index (χ1n) is 9.92. The summed E-state index contributed by atoms with van der Waals surface area (Å²) in [4.78, 5) is 51.6. The maximum Gasteiger partial charge on any atom is 0.344 e. The van der Waals surface area contributed by atoms with Crippen LogP contribution in [0.15, 0.2) is 23.1 Å². The van der Waals surface area contributed by atoms with E-state index in [4.69, 9.17) is 14.2 Å². The minimum absolute atomic E-state index is 0.217. The molecule has 2 saturated heterocycles. The molecule has 0 aromatic heterocycles. The summed E-state index contributed by atoms with van der Waals surface area (Å²) < 4.78 is 15.5. The summed E-state index contributed by atoms with van der Waals surface area (Å²) in [5, 5.41) is -0.467. The van der Waals surface area contributed by atoms with Crippen LogP contribution in [0.4, 0.5) is 4.79 Å². The van der Waals surface area contributed by atoms with Gasteiger partial charge in [0.1, 0.15) is 6.54 Å². The smallest absolute Gasteiger partial charge is 0.344 e. The molecule has 10 heteroatoms. The lowest BCUT2D eigenvalue weighted by Gasteiger charge is -2.18. The topological polar surface area (TPSA) is 102 Å². The largest absolute Gasteiger partial charge is 0.493 e. The first-order valence-corrected chi connectivity index (χ1v) is 10.7. The highest BCUT2D eigenvalue weighted by molar-refractivity contribution is 8.18. The maximum atomic E-state index is 12.7. The highest BCUT2D eigenvalue weighted by Gasteiger charge is 2.37. The predicted molar refractivity (Wildman–Crippen MR) is 114 cm³/mol. The number of esters is 1. The second-order valence-corrected chi connectivity index (χ2v) is 7.85. The van der Waals surface area contributed by atoms with Crippen LogP contribution in [-0.4, -0.2) is 72.8 Å². The van der Waals surface area contributed by atoms with Crippen LogP contribution in [0.25, 0.3) is 6.08 Å². The lowest BCUT2D eigenvalue weighted by atomic mass is 10.2. The van der Waals surface area contributed by atoms with Gasteiger partial charge >= 0.3 is 5.97 Å². The summed E-state index contributed by atoms with van der Waals surface area (Å²) in [6.07, 6.45) is 3.44. The fraction of sp³-hybridized carbons (Fsp3) is 0.429. The molecule has 0 radical (unpaired) electrons. The van der Waals surface area contributed by atoms with E-state index in [2.05, 4.69) is 0 Å². The second-order valence-electron chi connectivity index (χ2n) is 6.86. The normalized spacial score (nSPS) is 17.4. The number of amides is 3. The van der Waals surface area contributed by atoms with Crippen molar-refractivity contribution in [2.45, 2.75) is 19.8 Å². The van der Waals surface area contributed by atoms with Gasteiger partial charge in [-0.15, -0.1) is 0 Å². The maximum absolute atomic E-state index is 12.7. The third kappa shape index (κ3) is 5.57. The number of hydrogen-bond donors (Lipinski definition) is 0. The monoisotopic (exact) mass is 448 g/mol. The molecule has 31 heavy (non-hydrogen) atoms. The van der Waals surface area contributed by atoms with Crippen LogP contribution in [-0.2, 0) is 19.1 Å². The molecule has 166 valence electrons. The van der Waals surface area contributed by atoms with E-state index >= 15 is 0 Å². The molecule has 2 aliphatic rings. The number of nitrogens with zero attached hydrogens (tertiary/aromatic N) is 2. The van der Waals surface area contributed by atoms with Crippen LogP contribution in [0, 0.1) is 0 Å². The zero-order valence-corrected chi connectivity index (χ0v) is 18.2. The first kappa shape index (κ1) is 22.7. The van der Waals surface area contributed by atoms with Crippen LogP contribution in [0.3, 0.4) is 0 Å². The zero-order chi connectivity index (χ0) is 22.4. The van der Waals surface area contributed by atoms with Crippen molar-refractivity contribution in [2.75, 3.05) is 40.0 Å².